The van der Waals surface area contributed by atoms with Gasteiger partial charge in [0.15, 0.2) is 0 Å². The predicted octanol–water partition coefficient (Wildman–Crippen LogP) is 2.34. The van der Waals surface area contributed by atoms with Gasteiger partial charge >= 0.3 is 6.01 Å². The second-order valence-corrected chi connectivity index (χ2v) is 4.92. The molecule has 1 aliphatic carbocycles. The standard InChI is InChI=1S/C10H17N3O/c1-10(2)5-3-7(4-6-10)8-12-13-9(11)14-8/h7H,3-6H2,1-2H3,(H2,11,13). The Morgan fingerprint density at radius 2 is 1.93 bits per heavy atom. The summed E-state index contributed by atoms with van der Waals surface area (Å²) < 4.78 is 5.25. The van der Waals surface area contributed by atoms with Crippen molar-refractivity contribution in [3.8, 4) is 0 Å². The molecule has 0 radical (unpaired) electrons. The Hall–Kier alpha value is -1.06. The summed E-state index contributed by atoms with van der Waals surface area (Å²) in [6.07, 6.45) is 4.71. The molecule has 1 aromatic heterocycles. The van der Waals surface area contributed by atoms with E-state index in [2.05, 4.69) is 24.0 Å². The molecule has 0 unspecified atom stereocenters. The zero-order valence-electron chi connectivity index (χ0n) is 8.79. The van der Waals surface area contributed by atoms with E-state index in [4.69, 9.17) is 10.2 Å². The molecule has 1 aliphatic rings. The average molecular weight is 195 g/mol. The summed E-state index contributed by atoms with van der Waals surface area (Å²) in [5.41, 5.74) is 5.87. The maximum absolute atomic E-state index is 5.40. The van der Waals surface area contributed by atoms with Gasteiger partial charge in [-0.3, -0.25) is 0 Å². The third-order valence-corrected chi connectivity index (χ3v) is 3.14. The van der Waals surface area contributed by atoms with Crippen LogP contribution < -0.4 is 5.73 Å². The molecular formula is C10H17N3O. The van der Waals surface area contributed by atoms with E-state index in [1.807, 2.05) is 0 Å². The van der Waals surface area contributed by atoms with Crippen molar-refractivity contribution in [2.45, 2.75) is 45.4 Å². The summed E-state index contributed by atoms with van der Waals surface area (Å²) in [6, 6.07) is 0.185. The van der Waals surface area contributed by atoms with E-state index in [1.165, 1.54) is 12.8 Å². The van der Waals surface area contributed by atoms with Crippen LogP contribution in [0.3, 0.4) is 0 Å². The van der Waals surface area contributed by atoms with Crippen LogP contribution >= 0.6 is 0 Å². The predicted molar refractivity (Wildman–Crippen MR) is 53.7 cm³/mol. The summed E-state index contributed by atoms with van der Waals surface area (Å²) >= 11 is 0. The highest BCUT2D eigenvalue weighted by Crippen LogP contribution is 2.41. The Kier molecular flexibility index (Phi) is 2.21. The first-order valence-electron chi connectivity index (χ1n) is 5.16. The number of nitrogens with two attached hydrogens (primary N) is 1. The van der Waals surface area contributed by atoms with Crippen LogP contribution in [0.2, 0.25) is 0 Å². The van der Waals surface area contributed by atoms with Crippen molar-refractivity contribution in [2.75, 3.05) is 5.73 Å². The van der Waals surface area contributed by atoms with Crippen molar-refractivity contribution in [3.05, 3.63) is 5.89 Å². The van der Waals surface area contributed by atoms with Crippen LogP contribution in [0.4, 0.5) is 6.01 Å². The Morgan fingerprint density at radius 3 is 2.43 bits per heavy atom. The molecule has 0 saturated heterocycles. The van der Waals surface area contributed by atoms with E-state index in [9.17, 15) is 0 Å². The molecule has 0 atom stereocenters. The zero-order chi connectivity index (χ0) is 10.2. The van der Waals surface area contributed by atoms with Crippen LogP contribution in [-0.2, 0) is 0 Å². The molecule has 2 rings (SSSR count). The van der Waals surface area contributed by atoms with E-state index in [-0.39, 0.29) is 6.01 Å². The van der Waals surface area contributed by atoms with Gasteiger partial charge in [-0.25, -0.2) is 0 Å². The Balaban J connectivity index is 2.02. The van der Waals surface area contributed by atoms with Gasteiger partial charge in [0.1, 0.15) is 0 Å². The fourth-order valence-electron chi connectivity index (χ4n) is 2.06. The number of anilines is 1. The number of aromatic nitrogens is 2. The molecule has 1 heterocycles. The van der Waals surface area contributed by atoms with Crippen LogP contribution in [0, 0.1) is 5.41 Å². The minimum absolute atomic E-state index is 0.185. The highest BCUT2D eigenvalue weighted by molar-refractivity contribution is 5.07. The quantitative estimate of drug-likeness (QED) is 0.747. The molecule has 0 bridgehead atoms. The highest BCUT2D eigenvalue weighted by atomic mass is 16.4. The number of nitrogen functional groups attached to an aromatic ring is 1. The van der Waals surface area contributed by atoms with E-state index in [0.29, 0.717) is 11.3 Å². The second-order valence-electron chi connectivity index (χ2n) is 4.92. The van der Waals surface area contributed by atoms with E-state index < -0.39 is 0 Å². The molecule has 1 saturated carbocycles. The first kappa shape index (κ1) is 9.49. The normalized spacial score (nSPS) is 22.4. The Bertz CT molecular complexity index is 309. The lowest BCUT2D eigenvalue weighted by molar-refractivity contribution is 0.210. The third kappa shape index (κ3) is 1.89. The molecule has 0 spiro atoms. The molecule has 0 aromatic carbocycles. The van der Waals surface area contributed by atoms with Gasteiger partial charge in [-0.2, -0.15) is 0 Å². The molecule has 78 valence electrons. The smallest absolute Gasteiger partial charge is 0.312 e. The lowest BCUT2D eigenvalue weighted by Gasteiger charge is -2.32. The van der Waals surface area contributed by atoms with Crippen molar-refractivity contribution in [2.24, 2.45) is 5.41 Å². The van der Waals surface area contributed by atoms with E-state index in [1.54, 1.807) is 0 Å². The van der Waals surface area contributed by atoms with Crippen molar-refractivity contribution in [3.63, 3.8) is 0 Å². The maximum atomic E-state index is 5.40. The van der Waals surface area contributed by atoms with Gasteiger partial charge in [-0.1, -0.05) is 18.9 Å². The van der Waals surface area contributed by atoms with E-state index >= 15 is 0 Å². The number of hydrogen-bond donors (Lipinski definition) is 1. The molecule has 1 aromatic rings. The fraction of sp³-hybridized carbons (Fsp3) is 0.800. The summed E-state index contributed by atoms with van der Waals surface area (Å²) in [7, 11) is 0. The fourth-order valence-corrected chi connectivity index (χ4v) is 2.06. The third-order valence-electron chi connectivity index (χ3n) is 3.14. The molecule has 4 nitrogen and oxygen atoms in total. The van der Waals surface area contributed by atoms with Gasteiger partial charge in [0.05, 0.1) is 0 Å². The topological polar surface area (TPSA) is 64.9 Å². The summed E-state index contributed by atoms with van der Waals surface area (Å²) in [5, 5.41) is 7.63. The number of hydrogen-bond acceptors (Lipinski definition) is 4. The van der Waals surface area contributed by atoms with Gasteiger partial charge in [0.25, 0.3) is 0 Å². The van der Waals surface area contributed by atoms with Gasteiger partial charge in [-0.15, -0.1) is 5.10 Å². The van der Waals surface area contributed by atoms with Crippen LogP contribution in [0.1, 0.15) is 51.3 Å². The van der Waals surface area contributed by atoms with Gasteiger partial charge in [0.2, 0.25) is 5.89 Å². The van der Waals surface area contributed by atoms with Crippen molar-refractivity contribution in [1.82, 2.24) is 10.2 Å². The molecule has 4 heteroatoms. The van der Waals surface area contributed by atoms with Crippen LogP contribution in [0.25, 0.3) is 0 Å². The van der Waals surface area contributed by atoms with E-state index in [0.717, 1.165) is 18.7 Å². The second kappa shape index (κ2) is 3.26. The maximum Gasteiger partial charge on any atom is 0.312 e. The van der Waals surface area contributed by atoms with Crippen LogP contribution in [-0.4, -0.2) is 10.2 Å². The molecule has 0 amide bonds. The zero-order valence-corrected chi connectivity index (χ0v) is 8.79. The summed E-state index contributed by atoms with van der Waals surface area (Å²) in [5.74, 6) is 1.14. The van der Waals surface area contributed by atoms with Gasteiger partial charge in [-0.05, 0) is 31.1 Å². The molecule has 1 fully saturated rings. The molecule has 14 heavy (non-hydrogen) atoms. The molecule has 0 aliphatic heterocycles. The number of rotatable bonds is 1. The Morgan fingerprint density at radius 1 is 1.29 bits per heavy atom. The molecular weight excluding hydrogens is 178 g/mol. The first-order valence-corrected chi connectivity index (χ1v) is 5.16. The SMILES string of the molecule is CC1(C)CCC(c2nnc(N)o2)CC1. The monoisotopic (exact) mass is 195 g/mol. The summed E-state index contributed by atoms with van der Waals surface area (Å²) in [4.78, 5) is 0. The Labute approximate surface area is 83.9 Å². The lowest BCUT2D eigenvalue weighted by atomic mass is 9.73. The van der Waals surface area contributed by atoms with Crippen molar-refractivity contribution >= 4 is 6.01 Å². The van der Waals surface area contributed by atoms with Gasteiger partial charge in [0, 0.05) is 5.92 Å². The largest absolute Gasteiger partial charge is 0.408 e. The average Bonchev–Trinajstić information content (AvgIpc) is 2.52. The minimum atomic E-state index is 0.185. The minimum Gasteiger partial charge on any atom is -0.408 e. The first-order chi connectivity index (χ1) is 6.57. The van der Waals surface area contributed by atoms with Crippen molar-refractivity contribution in [1.29, 1.82) is 0 Å². The van der Waals surface area contributed by atoms with Crippen molar-refractivity contribution < 1.29 is 4.42 Å². The lowest BCUT2D eigenvalue weighted by Crippen LogP contribution is -2.20. The summed E-state index contributed by atoms with van der Waals surface area (Å²) in [6.45, 7) is 4.62. The van der Waals surface area contributed by atoms with Crippen LogP contribution in [0.5, 0.6) is 0 Å². The highest BCUT2D eigenvalue weighted by Gasteiger charge is 2.30. The number of nitrogens with zero attached hydrogens (tertiary/aromatic N) is 2. The molecule has 2 N–H and O–H groups in total. The van der Waals surface area contributed by atoms with Crippen LogP contribution in [0.15, 0.2) is 4.42 Å². The van der Waals surface area contributed by atoms with Gasteiger partial charge < -0.3 is 10.2 Å².